The summed E-state index contributed by atoms with van der Waals surface area (Å²) in [7, 11) is 0. The predicted octanol–water partition coefficient (Wildman–Crippen LogP) is 0.0501. The molecule has 1 fully saturated rings. The number of carbonyl (C=O) groups excluding carboxylic acids is 1. The van der Waals surface area contributed by atoms with Crippen molar-refractivity contribution in [2.75, 3.05) is 13.2 Å². The Morgan fingerprint density at radius 2 is 2.28 bits per heavy atom. The monoisotopic (exact) mass is 254 g/mol. The van der Waals surface area contributed by atoms with Crippen molar-refractivity contribution in [2.45, 2.75) is 6.04 Å². The number of aromatic nitrogens is 1. The van der Waals surface area contributed by atoms with Gasteiger partial charge in [0.2, 0.25) is 0 Å². The van der Waals surface area contributed by atoms with E-state index >= 15 is 0 Å². The molecule has 1 aromatic rings. The van der Waals surface area contributed by atoms with Crippen molar-refractivity contribution in [3.8, 4) is 0 Å². The molecule has 0 bridgehead atoms. The number of amides is 1. The lowest BCUT2D eigenvalue weighted by Crippen LogP contribution is -2.42. The fourth-order valence-corrected chi connectivity index (χ4v) is 1.75. The molecule has 0 saturated carbocycles. The Morgan fingerprint density at radius 1 is 1.50 bits per heavy atom. The summed E-state index contributed by atoms with van der Waals surface area (Å²) in [4.78, 5) is 26.2. The molecule has 2 heterocycles. The number of carboxylic acid groups (broad SMARTS) is 1. The first-order valence-electron chi connectivity index (χ1n) is 5.30. The Hall–Kier alpha value is -2.02. The average Bonchev–Trinajstić information content (AvgIpc) is 2.77. The lowest BCUT2D eigenvalue weighted by molar-refractivity contribution is -0.142. The van der Waals surface area contributed by atoms with Crippen LogP contribution < -0.4 is 5.32 Å². The Labute approximate surface area is 102 Å². The molecular formula is C11H11FN2O4. The van der Waals surface area contributed by atoms with Gasteiger partial charge in [0.1, 0.15) is 5.92 Å². The average molecular weight is 254 g/mol. The van der Waals surface area contributed by atoms with Gasteiger partial charge in [0.25, 0.3) is 5.91 Å². The van der Waals surface area contributed by atoms with Crippen LogP contribution in [0.25, 0.3) is 0 Å². The molecule has 0 aromatic carbocycles. The molecule has 0 spiro atoms. The summed E-state index contributed by atoms with van der Waals surface area (Å²) < 4.78 is 18.3. The second-order valence-electron chi connectivity index (χ2n) is 3.92. The summed E-state index contributed by atoms with van der Waals surface area (Å²) >= 11 is 0. The third kappa shape index (κ3) is 2.45. The molecule has 18 heavy (non-hydrogen) atoms. The van der Waals surface area contributed by atoms with E-state index in [2.05, 4.69) is 10.3 Å². The Balaban J connectivity index is 2.08. The number of hydrogen-bond acceptors (Lipinski definition) is 4. The van der Waals surface area contributed by atoms with Crippen molar-refractivity contribution in [2.24, 2.45) is 5.92 Å². The van der Waals surface area contributed by atoms with Gasteiger partial charge in [-0.1, -0.05) is 0 Å². The lowest BCUT2D eigenvalue weighted by Gasteiger charge is -2.15. The number of aliphatic carboxylic acids is 1. The molecule has 1 aliphatic rings. The van der Waals surface area contributed by atoms with Crippen molar-refractivity contribution in [1.29, 1.82) is 0 Å². The van der Waals surface area contributed by atoms with Crippen molar-refractivity contribution in [3.05, 3.63) is 29.8 Å². The normalized spacial score (nSPS) is 22.7. The van der Waals surface area contributed by atoms with Gasteiger partial charge in [-0.3, -0.25) is 14.6 Å². The quantitative estimate of drug-likeness (QED) is 0.795. The minimum Gasteiger partial charge on any atom is -0.481 e. The van der Waals surface area contributed by atoms with Gasteiger partial charge in [-0.2, -0.15) is 0 Å². The summed E-state index contributed by atoms with van der Waals surface area (Å²) in [6, 6.07) is 0.582. The number of carboxylic acids is 1. The van der Waals surface area contributed by atoms with Crippen LogP contribution in [0.5, 0.6) is 0 Å². The summed E-state index contributed by atoms with van der Waals surface area (Å²) in [5.41, 5.74) is -0.166. The summed E-state index contributed by atoms with van der Waals surface area (Å²) in [5, 5.41) is 11.4. The van der Waals surface area contributed by atoms with Crippen LogP contribution in [0.3, 0.4) is 0 Å². The van der Waals surface area contributed by atoms with Gasteiger partial charge < -0.3 is 15.2 Å². The van der Waals surface area contributed by atoms with Crippen molar-refractivity contribution < 1.29 is 23.8 Å². The minimum absolute atomic E-state index is 0.0408. The van der Waals surface area contributed by atoms with Gasteiger partial charge in [-0.15, -0.1) is 0 Å². The van der Waals surface area contributed by atoms with E-state index in [1.165, 1.54) is 12.3 Å². The number of rotatable bonds is 3. The van der Waals surface area contributed by atoms with E-state index < -0.39 is 29.7 Å². The molecule has 2 atom stereocenters. The number of nitrogens with one attached hydrogen (secondary N) is 1. The lowest BCUT2D eigenvalue weighted by atomic mass is 10.0. The molecule has 96 valence electrons. The molecule has 0 radical (unpaired) electrons. The first kappa shape index (κ1) is 12.4. The van der Waals surface area contributed by atoms with Gasteiger partial charge in [0.05, 0.1) is 31.0 Å². The topological polar surface area (TPSA) is 88.5 Å². The van der Waals surface area contributed by atoms with Crippen LogP contribution in [0.2, 0.25) is 0 Å². The third-order valence-electron chi connectivity index (χ3n) is 2.73. The first-order chi connectivity index (χ1) is 8.59. The molecule has 2 unspecified atom stereocenters. The minimum atomic E-state index is -1.05. The zero-order chi connectivity index (χ0) is 13.1. The van der Waals surface area contributed by atoms with E-state index in [-0.39, 0.29) is 18.8 Å². The largest absolute Gasteiger partial charge is 0.481 e. The van der Waals surface area contributed by atoms with E-state index in [4.69, 9.17) is 9.84 Å². The standard InChI is InChI=1S/C11H11FN2O4/c12-8-3-13-2-1-6(8)10(15)14-9-5-18-4-7(9)11(16)17/h1-3,7,9H,4-5H2,(H,14,15)(H,16,17). The first-order valence-corrected chi connectivity index (χ1v) is 5.30. The molecule has 2 rings (SSSR count). The number of nitrogens with zero attached hydrogens (tertiary/aromatic N) is 1. The van der Waals surface area contributed by atoms with Crippen LogP contribution in [0.1, 0.15) is 10.4 Å². The smallest absolute Gasteiger partial charge is 0.311 e. The van der Waals surface area contributed by atoms with Crippen LogP contribution >= 0.6 is 0 Å². The maximum absolute atomic E-state index is 13.3. The molecule has 0 aliphatic carbocycles. The predicted molar refractivity (Wildman–Crippen MR) is 57.4 cm³/mol. The highest BCUT2D eigenvalue weighted by Gasteiger charge is 2.35. The number of pyridine rings is 1. The van der Waals surface area contributed by atoms with Gasteiger partial charge in [0.15, 0.2) is 5.82 Å². The van der Waals surface area contributed by atoms with E-state index in [1.807, 2.05) is 0 Å². The van der Waals surface area contributed by atoms with Crippen molar-refractivity contribution >= 4 is 11.9 Å². The highest BCUT2D eigenvalue weighted by atomic mass is 19.1. The van der Waals surface area contributed by atoms with E-state index in [1.54, 1.807) is 0 Å². The van der Waals surface area contributed by atoms with Crippen LogP contribution in [0.4, 0.5) is 4.39 Å². The maximum Gasteiger partial charge on any atom is 0.311 e. The van der Waals surface area contributed by atoms with Crippen LogP contribution in [0, 0.1) is 11.7 Å². The van der Waals surface area contributed by atoms with Crippen molar-refractivity contribution in [1.82, 2.24) is 10.3 Å². The Kier molecular flexibility index (Phi) is 3.52. The van der Waals surface area contributed by atoms with Gasteiger partial charge in [-0.25, -0.2) is 4.39 Å². The second kappa shape index (κ2) is 5.09. The number of carbonyl (C=O) groups is 2. The van der Waals surface area contributed by atoms with E-state index in [9.17, 15) is 14.0 Å². The zero-order valence-electron chi connectivity index (χ0n) is 9.30. The fraction of sp³-hybridized carbons (Fsp3) is 0.364. The Bertz CT molecular complexity index is 480. The summed E-state index contributed by atoms with van der Waals surface area (Å²) in [6.45, 7) is 0.147. The van der Waals surface area contributed by atoms with E-state index in [0.29, 0.717) is 0 Å². The molecule has 7 heteroatoms. The highest BCUT2D eigenvalue weighted by molar-refractivity contribution is 5.94. The fourth-order valence-electron chi connectivity index (χ4n) is 1.75. The molecule has 1 saturated heterocycles. The summed E-state index contributed by atoms with van der Waals surface area (Å²) in [6.07, 6.45) is 2.21. The van der Waals surface area contributed by atoms with Gasteiger partial charge in [-0.05, 0) is 6.07 Å². The molecule has 1 aromatic heterocycles. The number of halogens is 1. The second-order valence-corrected chi connectivity index (χ2v) is 3.92. The number of ether oxygens (including phenoxy) is 1. The SMILES string of the molecule is O=C(NC1COCC1C(=O)O)c1ccncc1F. The van der Waals surface area contributed by atoms with E-state index in [0.717, 1.165) is 6.20 Å². The van der Waals surface area contributed by atoms with Gasteiger partial charge in [0, 0.05) is 6.20 Å². The molecule has 2 N–H and O–H groups in total. The molecular weight excluding hydrogens is 243 g/mol. The van der Waals surface area contributed by atoms with Crippen molar-refractivity contribution in [3.63, 3.8) is 0 Å². The third-order valence-corrected chi connectivity index (χ3v) is 2.73. The summed E-state index contributed by atoms with van der Waals surface area (Å²) in [5.74, 6) is -3.27. The van der Waals surface area contributed by atoms with Crippen LogP contribution in [-0.2, 0) is 9.53 Å². The molecule has 6 nitrogen and oxygen atoms in total. The Morgan fingerprint density at radius 3 is 2.94 bits per heavy atom. The maximum atomic E-state index is 13.3. The van der Waals surface area contributed by atoms with Crippen LogP contribution in [0.15, 0.2) is 18.5 Å². The zero-order valence-corrected chi connectivity index (χ0v) is 9.30. The molecule has 1 amide bonds. The molecule has 1 aliphatic heterocycles. The van der Waals surface area contributed by atoms with Crippen LogP contribution in [-0.4, -0.2) is 41.2 Å². The van der Waals surface area contributed by atoms with Gasteiger partial charge >= 0.3 is 5.97 Å². The number of hydrogen-bond donors (Lipinski definition) is 2. The highest BCUT2D eigenvalue weighted by Crippen LogP contribution is 2.15.